The molecule has 1 aromatic carbocycles. The molecule has 1 heterocycles. The van der Waals surface area contributed by atoms with Crippen LogP contribution in [-0.2, 0) is 16.6 Å². The van der Waals surface area contributed by atoms with Crippen molar-refractivity contribution in [3.05, 3.63) is 53.3 Å². The Morgan fingerprint density at radius 1 is 1.08 bits per heavy atom. The highest BCUT2D eigenvalue weighted by atomic mass is 16.2. The van der Waals surface area contributed by atoms with Crippen molar-refractivity contribution in [2.75, 3.05) is 26.0 Å². The average molecular weight is 342 g/mol. The Hall–Kier alpha value is -2.60. The van der Waals surface area contributed by atoms with Crippen LogP contribution in [0.4, 0.5) is 5.69 Å². The lowest BCUT2D eigenvalue weighted by Gasteiger charge is -2.25. The van der Waals surface area contributed by atoms with E-state index in [4.69, 9.17) is 0 Å². The van der Waals surface area contributed by atoms with Gasteiger partial charge in [-0.25, -0.2) is 0 Å². The summed E-state index contributed by atoms with van der Waals surface area (Å²) < 4.78 is 2.01. The summed E-state index contributed by atoms with van der Waals surface area (Å²) in [5.41, 5.74) is 3.61. The predicted molar refractivity (Wildman–Crippen MR) is 99.4 cm³/mol. The fraction of sp³-hybridized carbons (Fsp3) is 0.368. The Labute approximate surface area is 148 Å². The highest BCUT2D eigenvalue weighted by Crippen LogP contribution is 2.19. The molecule has 0 bridgehead atoms. The number of aryl methyl sites for hydroxylation is 3. The minimum Gasteiger partial charge on any atom is -0.353 e. The molecule has 0 radical (unpaired) electrons. The Balaban J connectivity index is 2.01. The topological polar surface area (TPSA) is 66.4 Å². The van der Waals surface area contributed by atoms with Crippen molar-refractivity contribution in [1.82, 2.24) is 14.8 Å². The van der Waals surface area contributed by atoms with E-state index >= 15 is 0 Å². The fourth-order valence-electron chi connectivity index (χ4n) is 2.82. The second-order valence-electron chi connectivity index (χ2n) is 6.45. The van der Waals surface area contributed by atoms with Gasteiger partial charge in [-0.05, 0) is 51.2 Å². The molecule has 1 aromatic heterocycles. The molecular formula is C19H26N4O2. The molecule has 2 amide bonds. The van der Waals surface area contributed by atoms with Crippen LogP contribution in [-0.4, -0.2) is 41.9 Å². The SMILES string of the molecule is Cc1cccc(C)c1NC(=O)C(=O)NCC(c1cccn1C)N(C)C. The van der Waals surface area contributed by atoms with Crippen LogP contribution in [0.3, 0.4) is 0 Å². The summed E-state index contributed by atoms with van der Waals surface area (Å²) in [4.78, 5) is 26.4. The van der Waals surface area contributed by atoms with E-state index in [0.29, 0.717) is 12.2 Å². The maximum absolute atomic E-state index is 12.2. The lowest BCUT2D eigenvalue weighted by molar-refractivity contribution is -0.136. The Bertz CT molecular complexity index is 744. The third-order valence-corrected chi connectivity index (χ3v) is 4.33. The highest BCUT2D eigenvalue weighted by Gasteiger charge is 2.21. The molecule has 1 unspecified atom stereocenters. The number of rotatable bonds is 5. The molecule has 2 rings (SSSR count). The van der Waals surface area contributed by atoms with Crippen molar-refractivity contribution in [2.24, 2.45) is 7.05 Å². The van der Waals surface area contributed by atoms with E-state index in [1.807, 2.05) is 81.0 Å². The lowest BCUT2D eigenvalue weighted by Crippen LogP contribution is -2.40. The van der Waals surface area contributed by atoms with Gasteiger partial charge in [0.1, 0.15) is 0 Å². The molecule has 0 aliphatic heterocycles. The van der Waals surface area contributed by atoms with Crippen LogP contribution in [0.15, 0.2) is 36.5 Å². The monoisotopic (exact) mass is 342 g/mol. The van der Waals surface area contributed by atoms with E-state index in [9.17, 15) is 9.59 Å². The zero-order valence-corrected chi connectivity index (χ0v) is 15.5. The summed E-state index contributed by atoms with van der Waals surface area (Å²) in [7, 11) is 5.85. The van der Waals surface area contributed by atoms with Gasteiger partial charge in [0.15, 0.2) is 0 Å². The average Bonchev–Trinajstić information content (AvgIpc) is 2.96. The molecule has 6 nitrogen and oxygen atoms in total. The summed E-state index contributed by atoms with van der Waals surface area (Å²) in [6, 6.07) is 9.67. The standard InChI is InChI=1S/C19H26N4O2/c1-13-8-6-9-14(2)17(13)21-19(25)18(24)20-12-16(22(3)4)15-10-7-11-23(15)5/h6-11,16H,12H2,1-5H3,(H,20,24)(H,21,25). The summed E-state index contributed by atoms with van der Waals surface area (Å²) in [6.07, 6.45) is 1.96. The maximum atomic E-state index is 12.2. The van der Waals surface area contributed by atoms with Gasteiger partial charge in [0.2, 0.25) is 0 Å². The number of likely N-dealkylation sites (N-methyl/N-ethyl adjacent to an activating group) is 1. The van der Waals surface area contributed by atoms with Crippen LogP contribution in [0.2, 0.25) is 0 Å². The van der Waals surface area contributed by atoms with E-state index in [1.54, 1.807) is 0 Å². The van der Waals surface area contributed by atoms with Crippen LogP contribution in [0.1, 0.15) is 22.9 Å². The van der Waals surface area contributed by atoms with Crippen LogP contribution in [0.25, 0.3) is 0 Å². The van der Waals surface area contributed by atoms with Crippen LogP contribution in [0.5, 0.6) is 0 Å². The number of nitrogens with one attached hydrogen (secondary N) is 2. The Kier molecular flexibility index (Phi) is 5.98. The van der Waals surface area contributed by atoms with Crippen molar-refractivity contribution in [3.8, 4) is 0 Å². The number of aromatic nitrogens is 1. The molecule has 1 atom stereocenters. The largest absolute Gasteiger partial charge is 0.353 e. The minimum absolute atomic E-state index is 0.0167. The normalized spacial score (nSPS) is 12.1. The number of para-hydroxylation sites is 1. The van der Waals surface area contributed by atoms with Gasteiger partial charge in [-0.15, -0.1) is 0 Å². The minimum atomic E-state index is -0.651. The van der Waals surface area contributed by atoms with E-state index < -0.39 is 11.8 Å². The quantitative estimate of drug-likeness (QED) is 0.817. The molecule has 134 valence electrons. The third-order valence-electron chi connectivity index (χ3n) is 4.33. The van der Waals surface area contributed by atoms with Gasteiger partial charge < -0.3 is 15.2 Å². The van der Waals surface area contributed by atoms with Crippen LogP contribution < -0.4 is 10.6 Å². The summed E-state index contributed by atoms with van der Waals surface area (Å²) in [6.45, 7) is 4.15. The number of hydrogen-bond donors (Lipinski definition) is 2. The predicted octanol–water partition coefficient (Wildman–Crippen LogP) is 2.00. The molecule has 25 heavy (non-hydrogen) atoms. The molecule has 2 aromatic rings. The second kappa shape index (κ2) is 7.98. The van der Waals surface area contributed by atoms with Gasteiger partial charge in [0.25, 0.3) is 0 Å². The first kappa shape index (κ1) is 18.7. The second-order valence-corrected chi connectivity index (χ2v) is 6.45. The highest BCUT2D eigenvalue weighted by molar-refractivity contribution is 6.39. The number of hydrogen-bond acceptors (Lipinski definition) is 3. The van der Waals surface area contributed by atoms with Crippen molar-refractivity contribution in [1.29, 1.82) is 0 Å². The van der Waals surface area contributed by atoms with Gasteiger partial charge in [-0.1, -0.05) is 18.2 Å². The number of nitrogens with zero attached hydrogens (tertiary/aromatic N) is 2. The summed E-state index contributed by atoms with van der Waals surface area (Å²) >= 11 is 0. The van der Waals surface area contributed by atoms with Gasteiger partial charge in [-0.2, -0.15) is 0 Å². The number of carbonyl (C=O) groups is 2. The zero-order valence-electron chi connectivity index (χ0n) is 15.5. The van der Waals surface area contributed by atoms with E-state index in [1.165, 1.54) is 0 Å². The molecule has 0 spiro atoms. The van der Waals surface area contributed by atoms with Crippen LogP contribution >= 0.6 is 0 Å². The van der Waals surface area contributed by atoms with Gasteiger partial charge in [0, 0.05) is 31.2 Å². The maximum Gasteiger partial charge on any atom is 0.313 e. The van der Waals surface area contributed by atoms with E-state index in [0.717, 1.165) is 16.8 Å². The van der Waals surface area contributed by atoms with E-state index in [-0.39, 0.29) is 6.04 Å². The molecular weight excluding hydrogens is 316 g/mol. The van der Waals surface area contributed by atoms with Gasteiger partial charge in [0.05, 0.1) is 6.04 Å². The van der Waals surface area contributed by atoms with Crippen LogP contribution in [0, 0.1) is 13.8 Å². The zero-order chi connectivity index (χ0) is 18.6. The first-order chi connectivity index (χ1) is 11.8. The van der Waals surface area contributed by atoms with Crippen molar-refractivity contribution >= 4 is 17.5 Å². The molecule has 0 fully saturated rings. The Morgan fingerprint density at radius 2 is 1.72 bits per heavy atom. The number of anilines is 1. The number of carbonyl (C=O) groups excluding carboxylic acids is 2. The fourth-order valence-corrected chi connectivity index (χ4v) is 2.82. The molecule has 0 aliphatic rings. The van der Waals surface area contributed by atoms with Gasteiger partial charge >= 0.3 is 11.8 Å². The molecule has 0 saturated carbocycles. The van der Waals surface area contributed by atoms with Gasteiger partial charge in [-0.3, -0.25) is 14.5 Å². The third kappa shape index (κ3) is 4.48. The number of benzene rings is 1. The summed E-state index contributed by atoms with van der Waals surface area (Å²) in [5.74, 6) is -1.29. The molecule has 2 N–H and O–H groups in total. The smallest absolute Gasteiger partial charge is 0.313 e. The first-order valence-corrected chi connectivity index (χ1v) is 8.24. The van der Waals surface area contributed by atoms with E-state index in [2.05, 4.69) is 10.6 Å². The molecule has 0 saturated heterocycles. The number of amides is 2. The summed E-state index contributed by atoms with van der Waals surface area (Å²) in [5, 5.41) is 5.44. The molecule has 6 heteroatoms. The van der Waals surface area contributed by atoms with Crippen molar-refractivity contribution in [2.45, 2.75) is 19.9 Å². The van der Waals surface area contributed by atoms with Crippen molar-refractivity contribution < 1.29 is 9.59 Å². The first-order valence-electron chi connectivity index (χ1n) is 8.24. The lowest BCUT2D eigenvalue weighted by atomic mass is 10.1. The molecule has 0 aliphatic carbocycles. The van der Waals surface area contributed by atoms with Crippen molar-refractivity contribution in [3.63, 3.8) is 0 Å². The Morgan fingerprint density at radius 3 is 2.24 bits per heavy atom.